The van der Waals surface area contributed by atoms with E-state index in [1.807, 2.05) is 36.2 Å². The molecule has 3 heterocycles. The van der Waals surface area contributed by atoms with Crippen molar-refractivity contribution in [3.8, 4) is 5.88 Å². The van der Waals surface area contributed by atoms with Crippen LogP contribution in [0.4, 0.5) is 5.69 Å². The Morgan fingerprint density at radius 2 is 2.10 bits per heavy atom. The van der Waals surface area contributed by atoms with Crippen LogP contribution in [0.25, 0.3) is 0 Å². The standard InChI is InChI=1S/C22H26N6O2/c1-14-3-6-19(11-24-14)26-20(15(2)27-23)13-30-21-9-17-7-8-28(12-18(17)10-25-21)22(29)16-4-5-16/h3,6,9-11,16H,4-5,7-8,12-13,23H2,1-2H3. The Balaban J connectivity index is 1.44. The highest BCUT2D eigenvalue weighted by atomic mass is 16.5. The average Bonchev–Trinajstić information content (AvgIpc) is 3.62. The van der Waals surface area contributed by atoms with Crippen molar-refractivity contribution in [2.75, 3.05) is 13.2 Å². The average molecular weight is 406 g/mol. The van der Waals surface area contributed by atoms with E-state index >= 15 is 0 Å². The fourth-order valence-electron chi connectivity index (χ4n) is 3.39. The van der Waals surface area contributed by atoms with Crippen molar-refractivity contribution >= 4 is 23.0 Å². The topological polar surface area (TPSA) is 106 Å². The maximum absolute atomic E-state index is 12.3. The maximum Gasteiger partial charge on any atom is 0.225 e. The van der Waals surface area contributed by atoms with E-state index in [1.54, 1.807) is 13.1 Å². The SMILES string of the molecule is CC(=NN)C(COc1cc2c(cn1)CN(C(=O)C1CC1)CC2)=Nc1ccc(C)nc1. The van der Waals surface area contributed by atoms with Gasteiger partial charge >= 0.3 is 0 Å². The number of pyridine rings is 2. The molecule has 1 saturated carbocycles. The monoisotopic (exact) mass is 406 g/mol. The molecule has 1 aliphatic carbocycles. The molecule has 0 atom stereocenters. The highest BCUT2D eigenvalue weighted by Crippen LogP contribution is 2.33. The van der Waals surface area contributed by atoms with Crippen molar-refractivity contribution in [2.45, 2.75) is 39.7 Å². The smallest absolute Gasteiger partial charge is 0.225 e. The Morgan fingerprint density at radius 1 is 1.27 bits per heavy atom. The van der Waals surface area contributed by atoms with Gasteiger partial charge in [-0.3, -0.25) is 9.78 Å². The molecule has 2 aromatic heterocycles. The molecule has 0 unspecified atom stereocenters. The maximum atomic E-state index is 12.3. The van der Waals surface area contributed by atoms with Crippen LogP contribution in [0.3, 0.4) is 0 Å². The molecule has 0 saturated heterocycles. The number of ether oxygens (including phenoxy) is 1. The normalized spacial score (nSPS) is 16.9. The van der Waals surface area contributed by atoms with E-state index in [-0.39, 0.29) is 18.4 Å². The number of aryl methyl sites for hydroxylation is 1. The minimum atomic E-state index is 0.193. The van der Waals surface area contributed by atoms with Gasteiger partial charge in [0.05, 0.1) is 17.6 Å². The number of carbonyl (C=O) groups is 1. The number of hydrogen-bond donors (Lipinski definition) is 1. The van der Waals surface area contributed by atoms with E-state index in [2.05, 4.69) is 20.1 Å². The van der Waals surface area contributed by atoms with Gasteiger partial charge in [0, 0.05) is 37.0 Å². The number of aliphatic imine (C=N–C) groups is 1. The first-order valence-corrected chi connectivity index (χ1v) is 10.2. The zero-order valence-corrected chi connectivity index (χ0v) is 17.3. The number of amides is 1. The molecule has 1 amide bonds. The lowest BCUT2D eigenvalue weighted by atomic mass is 10.0. The number of nitrogens with zero attached hydrogens (tertiary/aromatic N) is 5. The van der Waals surface area contributed by atoms with Crippen molar-refractivity contribution < 1.29 is 9.53 Å². The first kappa shape index (κ1) is 20.0. The molecule has 0 spiro atoms. The Kier molecular flexibility index (Phi) is 5.74. The second-order valence-electron chi connectivity index (χ2n) is 7.79. The molecule has 4 rings (SSSR count). The molecule has 2 aliphatic rings. The van der Waals surface area contributed by atoms with Crippen molar-refractivity contribution in [3.63, 3.8) is 0 Å². The van der Waals surface area contributed by atoms with Gasteiger partial charge in [-0.15, -0.1) is 0 Å². The zero-order valence-electron chi connectivity index (χ0n) is 17.3. The Morgan fingerprint density at radius 3 is 2.80 bits per heavy atom. The first-order valence-electron chi connectivity index (χ1n) is 10.2. The second-order valence-corrected chi connectivity index (χ2v) is 7.79. The summed E-state index contributed by atoms with van der Waals surface area (Å²) in [6.45, 7) is 5.28. The lowest BCUT2D eigenvalue weighted by Gasteiger charge is -2.29. The number of aromatic nitrogens is 2. The summed E-state index contributed by atoms with van der Waals surface area (Å²) in [7, 11) is 0. The van der Waals surface area contributed by atoms with Crippen LogP contribution in [0.15, 0.2) is 40.7 Å². The van der Waals surface area contributed by atoms with E-state index in [0.717, 1.165) is 37.1 Å². The molecular weight excluding hydrogens is 380 g/mol. The summed E-state index contributed by atoms with van der Waals surface area (Å²) >= 11 is 0. The van der Waals surface area contributed by atoms with Crippen molar-refractivity contribution in [2.24, 2.45) is 21.9 Å². The highest BCUT2D eigenvalue weighted by molar-refractivity contribution is 6.42. The van der Waals surface area contributed by atoms with E-state index in [0.29, 0.717) is 29.5 Å². The molecular formula is C22H26N6O2. The quantitative estimate of drug-likeness (QED) is 0.451. The van der Waals surface area contributed by atoms with E-state index in [1.165, 1.54) is 5.56 Å². The van der Waals surface area contributed by atoms with Crippen LogP contribution in [-0.4, -0.2) is 45.4 Å². The largest absolute Gasteiger partial charge is 0.471 e. The predicted octanol–water partition coefficient (Wildman–Crippen LogP) is 2.57. The van der Waals surface area contributed by atoms with Gasteiger partial charge in [-0.25, -0.2) is 9.98 Å². The van der Waals surface area contributed by atoms with Gasteiger partial charge in [-0.2, -0.15) is 5.10 Å². The molecule has 0 aromatic carbocycles. The fraction of sp³-hybridized carbons (Fsp3) is 0.409. The Bertz CT molecular complexity index is 995. The molecule has 2 N–H and O–H groups in total. The first-order chi connectivity index (χ1) is 14.5. The van der Waals surface area contributed by atoms with Gasteiger partial charge in [0.2, 0.25) is 11.8 Å². The molecule has 8 heteroatoms. The van der Waals surface area contributed by atoms with Crippen LogP contribution in [0.5, 0.6) is 5.88 Å². The molecule has 1 aliphatic heterocycles. The molecule has 0 bridgehead atoms. The minimum absolute atomic E-state index is 0.193. The van der Waals surface area contributed by atoms with Gasteiger partial charge in [-0.1, -0.05) is 0 Å². The van der Waals surface area contributed by atoms with Gasteiger partial charge < -0.3 is 15.5 Å². The molecule has 0 radical (unpaired) electrons. The number of hydrogen-bond acceptors (Lipinski definition) is 7. The lowest BCUT2D eigenvalue weighted by Crippen LogP contribution is -2.37. The third-order valence-electron chi connectivity index (χ3n) is 5.44. The predicted molar refractivity (Wildman–Crippen MR) is 115 cm³/mol. The molecule has 2 aromatic rings. The summed E-state index contributed by atoms with van der Waals surface area (Å²) in [6.07, 6.45) is 6.38. The molecule has 30 heavy (non-hydrogen) atoms. The highest BCUT2D eigenvalue weighted by Gasteiger charge is 2.34. The number of hydrazone groups is 1. The number of fused-ring (bicyclic) bond motifs is 1. The molecule has 156 valence electrons. The number of nitrogens with two attached hydrogens (primary N) is 1. The number of rotatable bonds is 6. The van der Waals surface area contributed by atoms with Gasteiger partial charge in [0.15, 0.2) is 0 Å². The second kappa shape index (κ2) is 8.61. The van der Waals surface area contributed by atoms with Gasteiger partial charge in [0.25, 0.3) is 0 Å². The van der Waals surface area contributed by atoms with Crippen molar-refractivity contribution in [1.82, 2.24) is 14.9 Å². The van der Waals surface area contributed by atoms with Crippen molar-refractivity contribution in [3.05, 3.63) is 47.4 Å². The van der Waals surface area contributed by atoms with E-state index in [9.17, 15) is 4.79 Å². The van der Waals surface area contributed by atoms with Gasteiger partial charge in [-0.05, 0) is 56.4 Å². The van der Waals surface area contributed by atoms with E-state index < -0.39 is 0 Å². The number of carbonyl (C=O) groups excluding carboxylic acids is 1. The van der Waals surface area contributed by atoms with Crippen LogP contribution in [0.1, 0.15) is 36.6 Å². The van der Waals surface area contributed by atoms with Gasteiger partial charge in [0.1, 0.15) is 12.3 Å². The summed E-state index contributed by atoms with van der Waals surface area (Å²) in [5, 5.41) is 3.76. The van der Waals surface area contributed by atoms with Crippen LogP contribution < -0.4 is 10.6 Å². The lowest BCUT2D eigenvalue weighted by molar-refractivity contribution is -0.133. The van der Waals surface area contributed by atoms with Crippen LogP contribution in [-0.2, 0) is 17.8 Å². The molecule has 8 nitrogen and oxygen atoms in total. The van der Waals surface area contributed by atoms with Crippen LogP contribution in [0.2, 0.25) is 0 Å². The minimum Gasteiger partial charge on any atom is -0.471 e. The summed E-state index contributed by atoms with van der Waals surface area (Å²) in [5.41, 5.74) is 5.09. The van der Waals surface area contributed by atoms with Crippen molar-refractivity contribution in [1.29, 1.82) is 0 Å². The fourth-order valence-corrected chi connectivity index (χ4v) is 3.39. The summed E-state index contributed by atoms with van der Waals surface area (Å²) in [6, 6.07) is 5.74. The molecule has 1 fully saturated rings. The third-order valence-corrected chi connectivity index (χ3v) is 5.44. The summed E-state index contributed by atoms with van der Waals surface area (Å²) in [4.78, 5) is 27.5. The zero-order chi connectivity index (χ0) is 21.1. The summed E-state index contributed by atoms with van der Waals surface area (Å²) in [5.74, 6) is 6.51. The van der Waals surface area contributed by atoms with Crippen LogP contribution in [0, 0.1) is 12.8 Å². The Labute approximate surface area is 175 Å². The Hall–Kier alpha value is -3.29. The van der Waals surface area contributed by atoms with E-state index in [4.69, 9.17) is 10.6 Å². The summed E-state index contributed by atoms with van der Waals surface area (Å²) < 4.78 is 5.90. The third kappa shape index (κ3) is 4.64. The van der Waals surface area contributed by atoms with Crippen LogP contribution >= 0.6 is 0 Å².